The van der Waals surface area contributed by atoms with Gasteiger partial charge in [-0.2, -0.15) is 0 Å². The van der Waals surface area contributed by atoms with Crippen molar-refractivity contribution in [3.05, 3.63) is 297 Å². The Hall–Kier alpha value is -10.9. The van der Waals surface area contributed by atoms with Crippen LogP contribution in [0.15, 0.2) is 297 Å². The lowest BCUT2D eigenvalue weighted by atomic mass is 9.98. The second kappa shape index (κ2) is 18.9. The third-order valence-corrected chi connectivity index (χ3v) is 16.2. The van der Waals surface area contributed by atoms with Gasteiger partial charge in [0.25, 0.3) is 0 Å². The van der Waals surface area contributed by atoms with Crippen LogP contribution in [-0.4, -0.2) is 23.7 Å². The average molecular weight is 1030 g/mol. The van der Waals surface area contributed by atoms with Gasteiger partial charge in [-0.3, -0.25) is 4.57 Å². The number of aromatic nitrogens is 5. The van der Waals surface area contributed by atoms with E-state index in [9.17, 15) is 0 Å². The molecule has 0 aliphatic heterocycles. The van der Waals surface area contributed by atoms with Crippen molar-refractivity contribution in [2.24, 2.45) is 0 Å². The maximum Gasteiger partial charge on any atom is 0.162 e. The second-order valence-electron chi connectivity index (χ2n) is 21.0. The van der Waals surface area contributed by atoms with Crippen molar-refractivity contribution in [1.29, 1.82) is 0 Å². The molecule has 0 atom stereocenters. The van der Waals surface area contributed by atoms with Crippen LogP contribution in [0.1, 0.15) is 0 Å². The summed E-state index contributed by atoms with van der Waals surface area (Å²) in [6, 6.07) is 107. The minimum absolute atomic E-state index is 0.679. The smallest absolute Gasteiger partial charge is 0.162 e. The maximum absolute atomic E-state index is 5.36. The molecule has 0 fully saturated rings. The van der Waals surface area contributed by atoms with Crippen molar-refractivity contribution in [2.45, 2.75) is 0 Å². The number of fused-ring (bicyclic) bond motifs is 9. The van der Waals surface area contributed by atoms with Crippen LogP contribution in [0.25, 0.3) is 150 Å². The molecule has 378 valence electrons. The van der Waals surface area contributed by atoms with Crippen LogP contribution >= 0.6 is 0 Å². The molecule has 5 nitrogen and oxygen atoms in total. The fourth-order valence-electron chi connectivity index (χ4n) is 12.4. The molecule has 0 unspecified atom stereocenters. The zero-order valence-electron chi connectivity index (χ0n) is 44.0. The van der Waals surface area contributed by atoms with Crippen LogP contribution in [0.5, 0.6) is 0 Å². The van der Waals surface area contributed by atoms with E-state index < -0.39 is 0 Å². The molecular formula is C76H49N5. The van der Waals surface area contributed by atoms with E-state index in [-0.39, 0.29) is 0 Å². The molecule has 16 rings (SSSR count). The number of para-hydroxylation sites is 1. The zero-order chi connectivity index (χ0) is 53.4. The Bertz CT molecular complexity index is 5000. The Balaban J connectivity index is 0.904. The van der Waals surface area contributed by atoms with E-state index in [2.05, 4.69) is 287 Å². The fraction of sp³-hybridized carbons (Fsp3) is 0. The minimum Gasteiger partial charge on any atom is -0.309 e. The Morgan fingerprint density at radius 1 is 0.198 bits per heavy atom. The summed E-state index contributed by atoms with van der Waals surface area (Å²) >= 11 is 0. The third kappa shape index (κ3) is 7.85. The van der Waals surface area contributed by atoms with E-state index in [0.29, 0.717) is 5.82 Å². The number of benzene rings is 12. The number of hydrogen-bond acceptors (Lipinski definition) is 2. The van der Waals surface area contributed by atoms with Crippen LogP contribution < -0.4 is 0 Å². The molecule has 0 saturated carbocycles. The Morgan fingerprint density at radius 2 is 0.506 bits per heavy atom. The molecule has 0 aliphatic carbocycles. The molecule has 16 aromatic rings. The van der Waals surface area contributed by atoms with Gasteiger partial charge in [-0.05, 0) is 136 Å². The molecule has 0 amide bonds. The molecule has 0 radical (unpaired) electrons. The first-order valence-corrected chi connectivity index (χ1v) is 27.6. The first-order valence-electron chi connectivity index (χ1n) is 27.6. The van der Waals surface area contributed by atoms with Crippen LogP contribution in [0.3, 0.4) is 0 Å². The van der Waals surface area contributed by atoms with E-state index in [1.807, 2.05) is 24.3 Å². The normalized spacial score (nSPS) is 11.7. The quantitative estimate of drug-likeness (QED) is 0.145. The Kier molecular flexibility index (Phi) is 10.8. The number of nitrogens with zero attached hydrogens (tertiary/aromatic N) is 5. The Morgan fingerprint density at radius 3 is 0.914 bits per heavy atom. The van der Waals surface area contributed by atoms with E-state index in [1.165, 1.54) is 60.4 Å². The largest absolute Gasteiger partial charge is 0.309 e. The maximum atomic E-state index is 5.36. The highest BCUT2D eigenvalue weighted by molar-refractivity contribution is 6.15. The van der Waals surface area contributed by atoms with Crippen molar-refractivity contribution in [1.82, 2.24) is 23.7 Å². The first-order chi connectivity index (χ1) is 40.1. The SMILES string of the molecule is c1ccc(-c2ccc3c(c2)c2cc(-c4ccc5c(c4)c4cc(-c6ccccc6)ccc4n5-c4cc(-c5ccccc5)nc(-c5ccccc5)n4)ccc2n3-c2ccc3c(c2)c2cc(-c4ccccc4)ccc2n3-c2ccccc2)cc1. The summed E-state index contributed by atoms with van der Waals surface area (Å²) in [5, 5.41) is 7.10. The second-order valence-corrected chi connectivity index (χ2v) is 21.0. The molecular weight excluding hydrogens is 983 g/mol. The number of rotatable bonds is 9. The molecule has 81 heavy (non-hydrogen) atoms. The van der Waals surface area contributed by atoms with Crippen molar-refractivity contribution < 1.29 is 0 Å². The van der Waals surface area contributed by atoms with Gasteiger partial charge in [-0.25, -0.2) is 9.97 Å². The van der Waals surface area contributed by atoms with E-state index >= 15 is 0 Å². The summed E-state index contributed by atoms with van der Waals surface area (Å²) in [6.07, 6.45) is 0. The van der Waals surface area contributed by atoms with Crippen molar-refractivity contribution in [2.75, 3.05) is 0 Å². The summed E-state index contributed by atoms with van der Waals surface area (Å²) in [4.78, 5) is 10.5. The van der Waals surface area contributed by atoms with Gasteiger partial charge in [0.2, 0.25) is 0 Å². The summed E-state index contributed by atoms with van der Waals surface area (Å²) in [7, 11) is 0. The van der Waals surface area contributed by atoms with Crippen LogP contribution in [0.2, 0.25) is 0 Å². The van der Waals surface area contributed by atoms with Gasteiger partial charge >= 0.3 is 0 Å². The molecule has 0 N–H and O–H groups in total. The summed E-state index contributed by atoms with van der Waals surface area (Å²) in [5.41, 5.74) is 21.3. The van der Waals surface area contributed by atoms with Gasteiger partial charge in [0.1, 0.15) is 5.82 Å². The Labute approximate surface area is 468 Å². The van der Waals surface area contributed by atoms with E-state index in [1.54, 1.807) is 0 Å². The predicted molar refractivity (Wildman–Crippen MR) is 338 cm³/mol. The van der Waals surface area contributed by atoms with Gasteiger partial charge in [0.05, 0.1) is 38.8 Å². The molecule has 12 aromatic carbocycles. The number of hydrogen-bond donors (Lipinski definition) is 0. The summed E-state index contributed by atoms with van der Waals surface area (Å²) in [5.74, 6) is 1.49. The summed E-state index contributed by atoms with van der Waals surface area (Å²) < 4.78 is 7.19. The molecule has 0 bridgehead atoms. The molecule has 5 heteroatoms. The standard InChI is InChI=1S/C76H49N5/c1-7-19-50(20-8-1)55-32-38-70-62(43-55)63-46-58(34-39-71(63)80(70)61-36-42-72-67(48-61)66-45-56(51-21-9-2-10-22-51)31-37-69(66)79(72)60-29-17-6-18-30-60)59-35-41-74-65(47-59)64-44-57(52-23-11-3-12-24-52)33-40-73(64)81(74)75-49-68(53-25-13-4-14-26-53)77-76(78-75)54-27-15-5-16-28-54/h1-49H. The minimum atomic E-state index is 0.679. The molecule has 4 heterocycles. The third-order valence-electron chi connectivity index (χ3n) is 16.2. The van der Waals surface area contributed by atoms with Gasteiger partial charge in [0.15, 0.2) is 5.82 Å². The highest BCUT2D eigenvalue weighted by atomic mass is 15.1. The highest BCUT2D eigenvalue weighted by Crippen LogP contribution is 2.43. The van der Waals surface area contributed by atoms with E-state index in [0.717, 1.165) is 83.5 Å². The van der Waals surface area contributed by atoms with Gasteiger partial charge in [0, 0.05) is 60.9 Å². The van der Waals surface area contributed by atoms with Gasteiger partial charge in [-0.15, -0.1) is 0 Å². The zero-order valence-corrected chi connectivity index (χ0v) is 44.0. The molecule has 0 spiro atoms. The highest BCUT2D eigenvalue weighted by Gasteiger charge is 2.22. The van der Waals surface area contributed by atoms with Crippen molar-refractivity contribution >= 4 is 65.4 Å². The topological polar surface area (TPSA) is 40.6 Å². The molecule has 0 saturated heterocycles. The molecule has 4 aromatic heterocycles. The summed E-state index contributed by atoms with van der Waals surface area (Å²) in [6.45, 7) is 0. The predicted octanol–water partition coefficient (Wildman–Crippen LogP) is 19.8. The van der Waals surface area contributed by atoms with E-state index in [4.69, 9.17) is 9.97 Å². The average Bonchev–Trinajstić information content (AvgIpc) is 3.49. The van der Waals surface area contributed by atoms with Gasteiger partial charge < -0.3 is 9.13 Å². The van der Waals surface area contributed by atoms with Gasteiger partial charge in [-0.1, -0.05) is 200 Å². The lowest BCUT2D eigenvalue weighted by Gasteiger charge is -2.12. The van der Waals surface area contributed by atoms with Crippen LogP contribution in [0.4, 0.5) is 0 Å². The monoisotopic (exact) mass is 1030 g/mol. The van der Waals surface area contributed by atoms with Crippen molar-refractivity contribution in [3.63, 3.8) is 0 Å². The lowest BCUT2D eigenvalue weighted by Crippen LogP contribution is -2.02. The lowest BCUT2D eigenvalue weighted by molar-refractivity contribution is 1.05. The van der Waals surface area contributed by atoms with Crippen molar-refractivity contribution in [3.8, 4) is 84.3 Å². The first kappa shape index (κ1) is 46.2. The molecule has 0 aliphatic rings. The van der Waals surface area contributed by atoms with Crippen LogP contribution in [0, 0.1) is 0 Å². The van der Waals surface area contributed by atoms with Crippen LogP contribution in [-0.2, 0) is 0 Å². The fourth-order valence-corrected chi connectivity index (χ4v) is 12.4.